The first-order valence-corrected chi connectivity index (χ1v) is 6.33. The third-order valence-corrected chi connectivity index (χ3v) is 3.71. The molecule has 0 unspecified atom stereocenters. The molecule has 2 saturated carbocycles. The first-order chi connectivity index (χ1) is 7.47. The van der Waals surface area contributed by atoms with Crippen LogP contribution in [-0.2, 0) is 0 Å². The molecule has 2 N–H and O–H groups in total. The van der Waals surface area contributed by atoms with E-state index in [1.807, 2.05) is 6.92 Å². The Hall–Kier alpha value is -0.440. The Morgan fingerprint density at radius 1 is 1.00 bits per heavy atom. The van der Waals surface area contributed by atoms with Gasteiger partial charge in [-0.05, 0) is 38.1 Å². The molecular weight excluding hydrogens is 236 g/mol. The fourth-order valence-corrected chi connectivity index (χ4v) is 2.53. The Morgan fingerprint density at radius 2 is 1.41 bits per heavy atom. The van der Waals surface area contributed by atoms with Crippen LogP contribution >= 0.6 is 12.4 Å². The lowest BCUT2D eigenvalue weighted by Crippen LogP contribution is -2.31. The largest absolute Gasteiger partial charge is 0.325 e. The van der Waals surface area contributed by atoms with Crippen LogP contribution < -0.4 is 5.73 Å². The van der Waals surface area contributed by atoms with E-state index in [0.717, 1.165) is 12.8 Å². The standard InChI is InChI=1S/C6H11N3.C6H13N.ClH/c1-6(8-9-7)4-2-3-5-6;1-6(7)4-2-3-5-6;/h2-5H2,1H3;2-5,7H2,1H3;1H. The highest BCUT2D eigenvalue weighted by molar-refractivity contribution is 5.85. The Labute approximate surface area is 110 Å². The molecule has 0 aromatic rings. The van der Waals surface area contributed by atoms with Gasteiger partial charge in [0, 0.05) is 16.0 Å². The quantitative estimate of drug-likeness (QED) is 0.425. The van der Waals surface area contributed by atoms with E-state index in [4.69, 9.17) is 11.3 Å². The second-order valence-corrected chi connectivity index (χ2v) is 5.75. The minimum Gasteiger partial charge on any atom is -0.325 e. The van der Waals surface area contributed by atoms with E-state index in [9.17, 15) is 0 Å². The lowest BCUT2D eigenvalue weighted by atomic mass is 10.0. The molecule has 0 aromatic heterocycles. The molecule has 0 heterocycles. The fraction of sp³-hybridized carbons (Fsp3) is 1.00. The second kappa shape index (κ2) is 7.10. The van der Waals surface area contributed by atoms with Crippen molar-refractivity contribution in [3.05, 3.63) is 10.4 Å². The number of halogens is 1. The average molecular weight is 261 g/mol. The molecule has 2 rings (SSSR count). The lowest BCUT2D eigenvalue weighted by Gasteiger charge is -2.14. The highest BCUT2D eigenvalue weighted by Crippen LogP contribution is 2.32. The smallest absolute Gasteiger partial charge is 0.0460 e. The van der Waals surface area contributed by atoms with Gasteiger partial charge >= 0.3 is 0 Å². The number of nitrogens with zero attached hydrogens (tertiary/aromatic N) is 3. The van der Waals surface area contributed by atoms with Crippen LogP contribution in [0.25, 0.3) is 10.4 Å². The molecule has 0 aliphatic heterocycles. The summed E-state index contributed by atoms with van der Waals surface area (Å²) in [5.74, 6) is 0. The molecule has 0 amide bonds. The van der Waals surface area contributed by atoms with E-state index in [1.165, 1.54) is 38.5 Å². The summed E-state index contributed by atoms with van der Waals surface area (Å²) >= 11 is 0. The van der Waals surface area contributed by atoms with Gasteiger partial charge in [0.05, 0.1) is 0 Å². The summed E-state index contributed by atoms with van der Waals surface area (Å²) in [6.45, 7) is 4.17. The summed E-state index contributed by atoms with van der Waals surface area (Å²) in [6, 6.07) is 0. The van der Waals surface area contributed by atoms with Crippen LogP contribution in [0.2, 0.25) is 0 Å². The maximum absolute atomic E-state index is 8.15. The van der Waals surface area contributed by atoms with Gasteiger partial charge in [0.2, 0.25) is 0 Å². The van der Waals surface area contributed by atoms with Crippen LogP contribution in [0.15, 0.2) is 5.11 Å². The van der Waals surface area contributed by atoms with Crippen LogP contribution in [0.4, 0.5) is 0 Å². The van der Waals surface area contributed by atoms with E-state index in [0.29, 0.717) is 0 Å². The molecule has 0 saturated heterocycles. The zero-order chi connectivity index (χ0) is 12.1. The third-order valence-electron chi connectivity index (χ3n) is 3.71. The van der Waals surface area contributed by atoms with Crippen molar-refractivity contribution < 1.29 is 0 Å². The van der Waals surface area contributed by atoms with Crippen molar-refractivity contribution in [3.8, 4) is 0 Å². The summed E-state index contributed by atoms with van der Waals surface area (Å²) in [7, 11) is 0. The lowest BCUT2D eigenvalue weighted by molar-refractivity contribution is 0.485. The van der Waals surface area contributed by atoms with Crippen molar-refractivity contribution in [3.63, 3.8) is 0 Å². The second-order valence-electron chi connectivity index (χ2n) is 5.75. The molecule has 0 aromatic carbocycles. The normalized spacial score (nSPS) is 23.9. The van der Waals surface area contributed by atoms with E-state index in [2.05, 4.69) is 16.9 Å². The highest BCUT2D eigenvalue weighted by atomic mass is 35.5. The maximum atomic E-state index is 8.15. The molecule has 2 aliphatic rings. The topological polar surface area (TPSA) is 74.8 Å². The Balaban J connectivity index is 0.000000292. The minimum atomic E-state index is -0.0469. The van der Waals surface area contributed by atoms with Gasteiger partial charge in [0.1, 0.15) is 0 Å². The van der Waals surface area contributed by atoms with Gasteiger partial charge in [-0.2, -0.15) is 0 Å². The molecule has 100 valence electrons. The molecule has 0 spiro atoms. The number of rotatable bonds is 1. The van der Waals surface area contributed by atoms with Crippen LogP contribution in [0, 0.1) is 0 Å². The highest BCUT2D eigenvalue weighted by Gasteiger charge is 2.26. The van der Waals surface area contributed by atoms with Crippen LogP contribution in [0.5, 0.6) is 0 Å². The van der Waals surface area contributed by atoms with Crippen molar-refractivity contribution in [1.29, 1.82) is 0 Å². The van der Waals surface area contributed by atoms with Crippen LogP contribution in [0.1, 0.15) is 65.2 Å². The van der Waals surface area contributed by atoms with Gasteiger partial charge < -0.3 is 5.73 Å². The maximum Gasteiger partial charge on any atom is 0.0460 e. The van der Waals surface area contributed by atoms with Gasteiger partial charge in [-0.3, -0.25) is 0 Å². The Morgan fingerprint density at radius 3 is 1.71 bits per heavy atom. The summed E-state index contributed by atoms with van der Waals surface area (Å²) in [6.07, 6.45) is 9.71. The van der Waals surface area contributed by atoms with E-state index < -0.39 is 0 Å². The molecular formula is C12H25ClN4. The fourth-order valence-electron chi connectivity index (χ4n) is 2.53. The van der Waals surface area contributed by atoms with E-state index in [-0.39, 0.29) is 23.5 Å². The first kappa shape index (κ1) is 16.6. The van der Waals surface area contributed by atoms with Crippen molar-refractivity contribution in [2.45, 2.75) is 76.3 Å². The minimum absolute atomic E-state index is 0. The van der Waals surface area contributed by atoms with E-state index in [1.54, 1.807) is 0 Å². The average Bonchev–Trinajstić information content (AvgIpc) is 2.77. The summed E-state index contributed by atoms with van der Waals surface area (Å²) < 4.78 is 0. The van der Waals surface area contributed by atoms with Gasteiger partial charge in [-0.1, -0.05) is 37.7 Å². The van der Waals surface area contributed by atoms with Crippen LogP contribution in [-0.4, -0.2) is 11.1 Å². The van der Waals surface area contributed by atoms with Crippen LogP contribution in [0.3, 0.4) is 0 Å². The number of hydrogen-bond donors (Lipinski definition) is 1. The van der Waals surface area contributed by atoms with Crippen molar-refractivity contribution >= 4 is 12.4 Å². The summed E-state index contributed by atoms with van der Waals surface area (Å²) in [5, 5.41) is 3.74. The van der Waals surface area contributed by atoms with Gasteiger partial charge in [-0.15, -0.1) is 12.4 Å². The molecule has 2 aliphatic carbocycles. The van der Waals surface area contributed by atoms with Gasteiger partial charge in [-0.25, -0.2) is 0 Å². The number of azide groups is 1. The van der Waals surface area contributed by atoms with Crippen molar-refractivity contribution in [2.24, 2.45) is 10.8 Å². The van der Waals surface area contributed by atoms with E-state index >= 15 is 0 Å². The van der Waals surface area contributed by atoms with Gasteiger partial charge in [0.25, 0.3) is 0 Å². The zero-order valence-corrected chi connectivity index (χ0v) is 11.8. The Bertz CT molecular complexity index is 258. The SMILES string of the molecule is CC1(N)CCCC1.CC1(N=[N+]=[N-])CCCC1.Cl. The predicted octanol–water partition coefficient (Wildman–Crippen LogP) is 4.33. The summed E-state index contributed by atoms with van der Waals surface area (Å²) in [5.41, 5.74) is 14.1. The molecule has 0 atom stereocenters. The molecule has 4 nitrogen and oxygen atoms in total. The van der Waals surface area contributed by atoms with Crippen molar-refractivity contribution in [1.82, 2.24) is 0 Å². The van der Waals surface area contributed by atoms with Crippen molar-refractivity contribution in [2.75, 3.05) is 0 Å². The molecule has 17 heavy (non-hydrogen) atoms. The third kappa shape index (κ3) is 6.16. The first-order valence-electron chi connectivity index (χ1n) is 6.33. The zero-order valence-electron chi connectivity index (χ0n) is 11.0. The molecule has 0 radical (unpaired) electrons. The number of nitrogens with two attached hydrogens (primary N) is 1. The molecule has 0 bridgehead atoms. The molecule has 2 fully saturated rings. The summed E-state index contributed by atoms with van der Waals surface area (Å²) in [4.78, 5) is 2.81. The predicted molar refractivity (Wildman–Crippen MR) is 74.3 cm³/mol. The monoisotopic (exact) mass is 260 g/mol. The molecule has 5 heteroatoms. The van der Waals surface area contributed by atoms with Gasteiger partial charge in [0.15, 0.2) is 0 Å². The number of hydrogen-bond acceptors (Lipinski definition) is 2. The Kier molecular flexibility index (Phi) is 6.91.